The number of hydrogen-bond donors (Lipinski definition) is 0. The molecule has 11 heavy (non-hydrogen) atoms. The molecule has 0 bridgehead atoms. The van der Waals surface area contributed by atoms with Crippen LogP contribution in [0.3, 0.4) is 0 Å². The van der Waals surface area contributed by atoms with Crippen LogP contribution in [0.25, 0.3) is 0 Å². The summed E-state index contributed by atoms with van der Waals surface area (Å²) >= 11 is 0.668. The number of nitrogens with zero attached hydrogens (tertiary/aromatic N) is 2. The monoisotopic (exact) mass is 260 g/mol. The molecule has 0 aliphatic heterocycles. The summed E-state index contributed by atoms with van der Waals surface area (Å²) in [5.41, 5.74) is 0. The molecule has 0 aromatic carbocycles. The zero-order chi connectivity index (χ0) is 8.69. The molecule has 1 aromatic rings. The van der Waals surface area contributed by atoms with Gasteiger partial charge in [0.15, 0.2) is 0 Å². The van der Waals surface area contributed by atoms with Crippen molar-refractivity contribution in [3.05, 3.63) is 24.5 Å². The van der Waals surface area contributed by atoms with Crippen LogP contribution in [0.5, 0.6) is 0 Å². The third kappa shape index (κ3) is 9.91. The van der Waals surface area contributed by atoms with Crippen LogP contribution in [-0.4, -0.2) is 53.6 Å². The van der Waals surface area contributed by atoms with E-state index in [1.165, 1.54) is 3.58 Å². The van der Waals surface area contributed by atoms with Crippen LogP contribution in [0.2, 0.25) is 0 Å². The van der Waals surface area contributed by atoms with E-state index in [2.05, 4.69) is 17.1 Å². The summed E-state index contributed by atoms with van der Waals surface area (Å²) in [5, 5.41) is 0. The van der Waals surface area contributed by atoms with Crippen molar-refractivity contribution in [2.45, 2.75) is 0 Å². The number of aromatic nitrogens is 1. The molecule has 1 rings (SSSR count). The predicted molar refractivity (Wildman–Crippen MR) is 53.4 cm³/mol. The van der Waals surface area contributed by atoms with Gasteiger partial charge >= 0.3 is 55.6 Å². The Morgan fingerprint density at radius 2 is 1.55 bits per heavy atom. The van der Waals surface area contributed by atoms with Crippen molar-refractivity contribution in [1.29, 1.82) is 0 Å². The summed E-state index contributed by atoms with van der Waals surface area (Å²) in [4.78, 5) is 5.88. The molecule has 0 spiro atoms. The molecule has 62 valence electrons. The Bertz CT molecular complexity index is 172. The Balaban J connectivity index is 0.000000218. The molecular weight excluding hydrogens is 243 g/mol. The Labute approximate surface area is 81.7 Å². The van der Waals surface area contributed by atoms with Gasteiger partial charge in [0.25, 0.3) is 0 Å². The first-order valence-corrected chi connectivity index (χ1v) is 6.46. The SMILES string of the molecule is CN(C)C.[SnH3][c]1ccncc1. The molecule has 1 aromatic heterocycles. The molecule has 0 amide bonds. The van der Waals surface area contributed by atoms with E-state index in [1.54, 1.807) is 0 Å². The first-order valence-electron chi connectivity index (χ1n) is 3.60. The van der Waals surface area contributed by atoms with E-state index in [1.807, 2.05) is 38.4 Å². The van der Waals surface area contributed by atoms with Gasteiger partial charge in [-0.05, 0) is 21.1 Å². The summed E-state index contributed by atoms with van der Waals surface area (Å²) in [5.74, 6) is 0. The van der Waals surface area contributed by atoms with Crippen LogP contribution in [0.4, 0.5) is 0 Å². The number of pyridine rings is 1. The molecule has 0 atom stereocenters. The molecule has 0 unspecified atom stereocenters. The third-order valence-corrected chi connectivity index (χ3v) is 2.75. The first kappa shape index (κ1) is 10.9. The second-order valence-electron chi connectivity index (χ2n) is 2.87. The summed E-state index contributed by atoms with van der Waals surface area (Å²) in [6.07, 6.45) is 3.68. The van der Waals surface area contributed by atoms with Gasteiger partial charge in [-0.25, -0.2) is 0 Å². The Hall–Kier alpha value is -0.0913. The van der Waals surface area contributed by atoms with Crippen LogP contribution in [-0.2, 0) is 0 Å². The van der Waals surface area contributed by atoms with E-state index in [4.69, 9.17) is 0 Å². The molecule has 0 saturated heterocycles. The van der Waals surface area contributed by atoms with Crippen molar-refractivity contribution in [2.75, 3.05) is 21.1 Å². The normalized spacial score (nSPS) is 9.09. The summed E-state index contributed by atoms with van der Waals surface area (Å²) in [6.45, 7) is 0. The van der Waals surface area contributed by atoms with Crippen LogP contribution < -0.4 is 3.58 Å². The van der Waals surface area contributed by atoms with Gasteiger partial charge in [-0.1, -0.05) is 0 Å². The molecule has 3 heteroatoms. The average Bonchev–Trinajstić information content (AvgIpc) is 1.87. The molecule has 1 heterocycles. The molecule has 0 aliphatic rings. The van der Waals surface area contributed by atoms with Crippen molar-refractivity contribution in [1.82, 2.24) is 9.88 Å². The fourth-order valence-corrected chi connectivity index (χ4v) is 1.28. The van der Waals surface area contributed by atoms with Crippen LogP contribution >= 0.6 is 0 Å². The van der Waals surface area contributed by atoms with E-state index >= 15 is 0 Å². The second-order valence-corrected chi connectivity index (χ2v) is 6.16. The van der Waals surface area contributed by atoms with E-state index in [0.717, 1.165) is 0 Å². The van der Waals surface area contributed by atoms with Crippen LogP contribution in [0, 0.1) is 0 Å². The molecule has 0 radical (unpaired) electrons. The van der Waals surface area contributed by atoms with Crippen molar-refractivity contribution < 1.29 is 0 Å². The van der Waals surface area contributed by atoms with Crippen molar-refractivity contribution in [3.8, 4) is 0 Å². The van der Waals surface area contributed by atoms with Crippen molar-refractivity contribution in [2.24, 2.45) is 0 Å². The molecule has 0 fully saturated rings. The maximum absolute atomic E-state index is 3.88. The molecule has 2 nitrogen and oxygen atoms in total. The van der Waals surface area contributed by atoms with Gasteiger partial charge in [0.05, 0.1) is 0 Å². The standard InChI is InChI=1S/C5H4N.C3H9N.Sn.3H/c1-2-4-6-5-3-1;1-4(2)3;;;;/h2-5H;1-3H3;;;;. The van der Waals surface area contributed by atoms with Gasteiger partial charge in [-0.3, -0.25) is 0 Å². The fourth-order valence-electron chi connectivity index (χ4n) is 0.426. The fraction of sp³-hybridized carbons (Fsp3) is 0.375. The zero-order valence-corrected chi connectivity index (χ0v) is 13.4. The van der Waals surface area contributed by atoms with E-state index in [-0.39, 0.29) is 0 Å². The third-order valence-electron chi connectivity index (χ3n) is 0.847. The molecular formula is C8H16N2Sn. The van der Waals surface area contributed by atoms with Gasteiger partial charge in [0, 0.05) is 0 Å². The van der Waals surface area contributed by atoms with Gasteiger partial charge in [-0.15, -0.1) is 0 Å². The summed E-state index contributed by atoms with van der Waals surface area (Å²) in [7, 11) is 6.00. The Morgan fingerprint density at radius 1 is 1.18 bits per heavy atom. The minimum absolute atomic E-state index is 0.668. The predicted octanol–water partition coefficient (Wildman–Crippen LogP) is -0.750. The molecule has 0 aliphatic carbocycles. The molecule has 0 N–H and O–H groups in total. The quantitative estimate of drug-likeness (QED) is 0.570. The van der Waals surface area contributed by atoms with Crippen molar-refractivity contribution in [3.63, 3.8) is 0 Å². The Morgan fingerprint density at radius 3 is 1.73 bits per heavy atom. The van der Waals surface area contributed by atoms with Gasteiger partial charge in [-0.2, -0.15) is 0 Å². The topological polar surface area (TPSA) is 16.1 Å². The first-order chi connectivity index (χ1) is 5.13. The summed E-state index contributed by atoms with van der Waals surface area (Å²) < 4.78 is 1.47. The number of hydrogen-bond acceptors (Lipinski definition) is 2. The van der Waals surface area contributed by atoms with Crippen molar-refractivity contribution >= 4 is 26.1 Å². The number of rotatable bonds is 0. The van der Waals surface area contributed by atoms with Gasteiger partial charge in [0.1, 0.15) is 0 Å². The molecule has 0 saturated carbocycles. The van der Waals surface area contributed by atoms with E-state index < -0.39 is 0 Å². The summed E-state index contributed by atoms with van der Waals surface area (Å²) in [6, 6.07) is 4.13. The Kier molecular flexibility index (Phi) is 6.55. The average molecular weight is 259 g/mol. The van der Waals surface area contributed by atoms with E-state index in [0.29, 0.717) is 22.5 Å². The van der Waals surface area contributed by atoms with Crippen LogP contribution in [0.1, 0.15) is 0 Å². The van der Waals surface area contributed by atoms with Crippen LogP contribution in [0.15, 0.2) is 24.5 Å². The van der Waals surface area contributed by atoms with Gasteiger partial charge < -0.3 is 4.90 Å². The second kappa shape index (κ2) is 6.61. The van der Waals surface area contributed by atoms with E-state index in [9.17, 15) is 0 Å². The van der Waals surface area contributed by atoms with Gasteiger partial charge in [0.2, 0.25) is 0 Å². The zero-order valence-electron chi connectivity index (χ0n) is 7.70. The minimum atomic E-state index is 0.668. The maximum atomic E-state index is 3.88.